The van der Waals surface area contributed by atoms with E-state index in [1.165, 1.54) is 16.8 Å². The van der Waals surface area contributed by atoms with Crippen LogP contribution in [0, 0.1) is 6.92 Å². The Bertz CT molecular complexity index is 682. The summed E-state index contributed by atoms with van der Waals surface area (Å²) in [5.74, 6) is -0.162. The van der Waals surface area contributed by atoms with Crippen LogP contribution in [0.3, 0.4) is 0 Å². The minimum atomic E-state index is -0.431. The maximum Gasteiger partial charge on any atom is 0.307 e. The van der Waals surface area contributed by atoms with Gasteiger partial charge in [-0.15, -0.1) is 5.73 Å². The third kappa shape index (κ3) is 5.48. The summed E-state index contributed by atoms with van der Waals surface area (Å²) in [4.78, 5) is 16.3. The number of likely N-dealkylation sites (N-methyl/N-ethyl adjacent to an activating group) is 1. The van der Waals surface area contributed by atoms with Crippen molar-refractivity contribution in [1.29, 1.82) is 0 Å². The van der Waals surface area contributed by atoms with E-state index < -0.39 is 5.60 Å². The van der Waals surface area contributed by atoms with Crippen LogP contribution >= 0.6 is 0 Å². The van der Waals surface area contributed by atoms with Gasteiger partial charge < -0.3 is 9.64 Å². The molecule has 0 aromatic heterocycles. The zero-order chi connectivity index (χ0) is 18.6. The van der Waals surface area contributed by atoms with Crippen molar-refractivity contribution >= 4 is 11.7 Å². The van der Waals surface area contributed by atoms with Crippen LogP contribution in [0.5, 0.6) is 0 Å². The van der Waals surface area contributed by atoms with E-state index in [-0.39, 0.29) is 5.97 Å². The van der Waals surface area contributed by atoms with Crippen LogP contribution in [0.2, 0.25) is 0 Å². The van der Waals surface area contributed by atoms with Gasteiger partial charge in [-0.3, -0.25) is 9.69 Å². The number of carbonyl (C=O) groups excluding carboxylic acids is 1. The Hall–Kier alpha value is -2.03. The van der Waals surface area contributed by atoms with Gasteiger partial charge in [0.05, 0.1) is 12.1 Å². The van der Waals surface area contributed by atoms with E-state index in [2.05, 4.69) is 47.2 Å². The lowest BCUT2D eigenvalue weighted by molar-refractivity contribution is -0.155. The van der Waals surface area contributed by atoms with Crippen molar-refractivity contribution in [2.24, 2.45) is 0 Å². The Morgan fingerprint density at radius 3 is 2.76 bits per heavy atom. The summed E-state index contributed by atoms with van der Waals surface area (Å²) in [5, 5.41) is 0. The first-order chi connectivity index (χ1) is 11.7. The lowest BCUT2D eigenvalue weighted by Crippen LogP contribution is -2.32. The first-order valence-corrected chi connectivity index (χ1v) is 8.86. The minimum Gasteiger partial charge on any atom is -0.460 e. The summed E-state index contributed by atoms with van der Waals surface area (Å²) in [6.07, 6.45) is 1.43. The van der Waals surface area contributed by atoms with Gasteiger partial charge in [-0.05, 0) is 52.8 Å². The number of hydrogen-bond donors (Lipinski definition) is 0. The number of benzene rings is 1. The lowest BCUT2D eigenvalue weighted by Gasteiger charge is -2.26. The molecule has 0 N–H and O–H groups in total. The number of rotatable bonds is 6. The van der Waals surface area contributed by atoms with Gasteiger partial charge in [0.2, 0.25) is 0 Å². The molecule has 4 heteroatoms. The third-order valence-electron chi connectivity index (χ3n) is 4.20. The molecule has 0 saturated heterocycles. The second kappa shape index (κ2) is 7.90. The summed E-state index contributed by atoms with van der Waals surface area (Å²) in [6, 6.07) is 6.57. The highest BCUT2D eigenvalue weighted by Gasteiger charge is 2.23. The molecule has 4 nitrogen and oxygen atoms in total. The lowest BCUT2D eigenvalue weighted by atomic mass is 10.1. The van der Waals surface area contributed by atoms with Crippen LogP contribution < -0.4 is 4.90 Å². The Morgan fingerprint density at radius 1 is 1.40 bits per heavy atom. The summed E-state index contributed by atoms with van der Waals surface area (Å²) < 4.78 is 5.37. The van der Waals surface area contributed by atoms with Gasteiger partial charge in [0.25, 0.3) is 0 Å². The average molecular weight is 342 g/mol. The van der Waals surface area contributed by atoms with Gasteiger partial charge in [0, 0.05) is 25.3 Å². The zero-order valence-corrected chi connectivity index (χ0v) is 16.2. The van der Waals surface area contributed by atoms with Crippen molar-refractivity contribution in [2.45, 2.75) is 46.1 Å². The SMILES string of the molecule is C=C=C(CN(C)CCC(=O)OC(C)(C)C)N1CCc2cc(C)ccc21. The highest BCUT2D eigenvalue weighted by Crippen LogP contribution is 2.31. The smallest absolute Gasteiger partial charge is 0.307 e. The van der Waals surface area contributed by atoms with Gasteiger partial charge in [0.15, 0.2) is 0 Å². The number of carbonyl (C=O) groups is 1. The van der Waals surface area contributed by atoms with Crippen molar-refractivity contribution in [3.63, 3.8) is 0 Å². The fourth-order valence-electron chi connectivity index (χ4n) is 3.06. The normalized spacial score (nSPS) is 13.6. The number of anilines is 1. The zero-order valence-electron chi connectivity index (χ0n) is 16.2. The van der Waals surface area contributed by atoms with Gasteiger partial charge >= 0.3 is 5.97 Å². The molecule has 1 aromatic rings. The fourth-order valence-corrected chi connectivity index (χ4v) is 3.06. The van der Waals surface area contributed by atoms with Crippen LogP contribution in [0.15, 0.2) is 36.2 Å². The summed E-state index contributed by atoms with van der Waals surface area (Å²) in [6.45, 7) is 14.0. The van der Waals surface area contributed by atoms with Crippen LogP contribution in [-0.4, -0.2) is 43.2 Å². The number of esters is 1. The molecule has 0 amide bonds. The van der Waals surface area contributed by atoms with E-state index in [0.29, 0.717) is 19.5 Å². The predicted molar refractivity (Wildman–Crippen MR) is 103 cm³/mol. The molecule has 0 unspecified atom stereocenters. The van der Waals surface area contributed by atoms with E-state index in [9.17, 15) is 4.79 Å². The van der Waals surface area contributed by atoms with Crippen LogP contribution in [-0.2, 0) is 16.0 Å². The van der Waals surface area contributed by atoms with Gasteiger partial charge in [-0.25, -0.2) is 0 Å². The first kappa shape index (κ1) is 19.3. The van der Waals surface area contributed by atoms with Gasteiger partial charge in [0.1, 0.15) is 5.60 Å². The van der Waals surface area contributed by atoms with E-state index in [0.717, 1.165) is 18.7 Å². The van der Waals surface area contributed by atoms with Crippen LogP contribution in [0.25, 0.3) is 0 Å². The quantitative estimate of drug-likeness (QED) is 0.583. The first-order valence-electron chi connectivity index (χ1n) is 8.86. The topological polar surface area (TPSA) is 32.8 Å². The van der Waals surface area contributed by atoms with E-state index in [1.807, 2.05) is 27.8 Å². The molecule has 0 saturated carbocycles. The van der Waals surface area contributed by atoms with Crippen molar-refractivity contribution < 1.29 is 9.53 Å². The minimum absolute atomic E-state index is 0.162. The predicted octanol–water partition coefficient (Wildman–Crippen LogP) is 3.69. The second-order valence-corrected chi connectivity index (χ2v) is 7.73. The molecule has 0 atom stereocenters. The molecule has 0 aliphatic carbocycles. The highest BCUT2D eigenvalue weighted by molar-refractivity contribution is 5.70. The second-order valence-electron chi connectivity index (χ2n) is 7.73. The van der Waals surface area contributed by atoms with E-state index >= 15 is 0 Å². The number of fused-ring (bicyclic) bond motifs is 1. The molecule has 1 heterocycles. The van der Waals surface area contributed by atoms with E-state index in [1.54, 1.807) is 0 Å². The van der Waals surface area contributed by atoms with Gasteiger partial charge in [-0.1, -0.05) is 24.3 Å². The molecule has 0 radical (unpaired) electrons. The fraction of sp³-hybridized carbons (Fsp3) is 0.524. The Kier molecular flexibility index (Phi) is 6.10. The summed E-state index contributed by atoms with van der Waals surface area (Å²) in [7, 11) is 2.01. The Balaban J connectivity index is 1.93. The van der Waals surface area contributed by atoms with Crippen LogP contribution in [0.1, 0.15) is 38.3 Å². The maximum atomic E-state index is 11.9. The molecule has 2 rings (SSSR count). The molecule has 25 heavy (non-hydrogen) atoms. The van der Waals surface area contributed by atoms with Gasteiger partial charge in [-0.2, -0.15) is 0 Å². The van der Waals surface area contributed by atoms with E-state index in [4.69, 9.17) is 4.74 Å². The molecule has 0 fully saturated rings. The Labute approximate surface area is 151 Å². The standard InChI is InChI=1S/C21H30N2O2/c1-7-18(15-22(6)12-11-20(24)25-21(3,4)5)23-13-10-17-14-16(2)8-9-19(17)23/h8-9,14H,1,10-13,15H2,2-6H3. The molecule has 1 aliphatic heterocycles. The van der Waals surface area contributed by atoms with Crippen molar-refractivity contribution in [2.75, 3.05) is 31.6 Å². The number of aryl methyl sites for hydroxylation is 1. The Morgan fingerprint density at radius 2 is 2.12 bits per heavy atom. The third-order valence-corrected chi connectivity index (χ3v) is 4.20. The largest absolute Gasteiger partial charge is 0.460 e. The molecule has 1 aromatic carbocycles. The average Bonchev–Trinajstić information content (AvgIpc) is 2.91. The molecular formula is C21H30N2O2. The molecule has 1 aliphatic rings. The molecule has 0 spiro atoms. The summed E-state index contributed by atoms with van der Waals surface area (Å²) >= 11 is 0. The molecule has 0 bridgehead atoms. The number of ether oxygens (including phenoxy) is 1. The highest BCUT2D eigenvalue weighted by atomic mass is 16.6. The van der Waals surface area contributed by atoms with Crippen molar-refractivity contribution in [3.8, 4) is 0 Å². The number of hydrogen-bond acceptors (Lipinski definition) is 4. The summed E-state index contributed by atoms with van der Waals surface area (Å²) in [5.41, 5.74) is 7.63. The monoisotopic (exact) mass is 342 g/mol. The molecule has 136 valence electrons. The number of nitrogens with zero attached hydrogens (tertiary/aromatic N) is 2. The molecular weight excluding hydrogens is 312 g/mol. The van der Waals surface area contributed by atoms with Crippen molar-refractivity contribution in [3.05, 3.63) is 47.3 Å². The van der Waals surface area contributed by atoms with Crippen molar-refractivity contribution in [1.82, 2.24) is 4.90 Å². The maximum absolute atomic E-state index is 11.9. The van der Waals surface area contributed by atoms with Crippen LogP contribution in [0.4, 0.5) is 5.69 Å².